The van der Waals surface area contributed by atoms with E-state index in [4.69, 9.17) is 0 Å². The summed E-state index contributed by atoms with van der Waals surface area (Å²) in [4.78, 5) is 14.5. The van der Waals surface area contributed by atoms with Crippen LogP contribution in [0.1, 0.15) is 62.7 Å². The number of hydrogen-bond donors (Lipinski definition) is 1. The van der Waals surface area contributed by atoms with Crippen LogP contribution >= 0.6 is 0 Å². The highest BCUT2D eigenvalue weighted by atomic mass is 32.2. The SMILES string of the molecule is CCCC(C)NC(=O)c1ccc2c(c1)S(=O)(=O)N=C1CCCCCN12. The Morgan fingerprint density at radius 1 is 1.32 bits per heavy atom. The molecule has 1 saturated heterocycles. The number of carbonyl (C=O) groups is 1. The molecule has 7 heteroatoms. The second kappa shape index (κ2) is 7.15. The zero-order valence-corrected chi connectivity index (χ0v) is 15.6. The molecular weight excluding hydrogens is 338 g/mol. The van der Waals surface area contributed by atoms with Gasteiger partial charge in [-0.1, -0.05) is 19.8 Å². The number of rotatable bonds is 4. The van der Waals surface area contributed by atoms with Gasteiger partial charge in [0.2, 0.25) is 0 Å². The first-order valence-electron chi connectivity index (χ1n) is 8.98. The van der Waals surface area contributed by atoms with Gasteiger partial charge in [0.15, 0.2) is 0 Å². The second-order valence-electron chi connectivity index (χ2n) is 6.79. The Bertz CT molecular complexity index is 802. The summed E-state index contributed by atoms with van der Waals surface area (Å²) in [6, 6.07) is 4.96. The van der Waals surface area contributed by atoms with Crippen LogP contribution in [0.3, 0.4) is 0 Å². The monoisotopic (exact) mass is 363 g/mol. The van der Waals surface area contributed by atoms with Crippen LogP contribution in [0.15, 0.2) is 27.5 Å². The first-order chi connectivity index (χ1) is 11.9. The molecule has 6 nitrogen and oxygen atoms in total. The molecule has 1 N–H and O–H groups in total. The molecule has 0 bridgehead atoms. The Morgan fingerprint density at radius 2 is 2.12 bits per heavy atom. The van der Waals surface area contributed by atoms with Gasteiger partial charge in [-0.15, -0.1) is 4.40 Å². The normalized spacial score (nSPS) is 19.9. The van der Waals surface area contributed by atoms with E-state index in [9.17, 15) is 13.2 Å². The number of nitrogens with zero attached hydrogens (tertiary/aromatic N) is 2. The Morgan fingerprint density at radius 3 is 2.88 bits per heavy atom. The van der Waals surface area contributed by atoms with E-state index < -0.39 is 10.0 Å². The topological polar surface area (TPSA) is 78.8 Å². The highest BCUT2D eigenvalue weighted by Gasteiger charge is 2.32. The number of hydrogen-bond acceptors (Lipinski definition) is 4. The molecule has 2 aliphatic heterocycles. The molecule has 3 rings (SSSR count). The second-order valence-corrected chi connectivity index (χ2v) is 8.36. The van der Waals surface area contributed by atoms with Crippen molar-refractivity contribution in [1.29, 1.82) is 0 Å². The van der Waals surface area contributed by atoms with Crippen molar-refractivity contribution in [2.24, 2.45) is 4.40 Å². The maximum absolute atomic E-state index is 12.6. The van der Waals surface area contributed by atoms with Crippen molar-refractivity contribution >= 4 is 27.5 Å². The Balaban J connectivity index is 1.94. The highest BCUT2D eigenvalue weighted by molar-refractivity contribution is 7.90. The Hall–Kier alpha value is -1.89. The summed E-state index contributed by atoms with van der Waals surface area (Å²) in [5, 5.41) is 2.91. The van der Waals surface area contributed by atoms with Gasteiger partial charge in [0.25, 0.3) is 15.9 Å². The van der Waals surface area contributed by atoms with E-state index in [1.165, 1.54) is 6.07 Å². The fraction of sp³-hybridized carbons (Fsp3) is 0.556. The minimum atomic E-state index is -3.76. The van der Waals surface area contributed by atoms with Gasteiger partial charge in [0.05, 0.1) is 5.69 Å². The fourth-order valence-corrected chi connectivity index (χ4v) is 4.72. The van der Waals surface area contributed by atoms with Crippen molar-refractivity contribution in [3.8, 4) is 0 Å². The van der Waals surface area contributed by atoms with Crippen LogP contribution in [-0.2, 0) is 10.0 Å². The lowest BCUT2D eigenvalue weighted by molar-refractivity contribution is 0.0938. The lowest BCUT2D eigenvalue weighted by atomic mass is 10.1. The van der Waals surface area contributed by atoms with Crippen molar-refractivity contribution in [3.05, 3.63) is 23.8 Å². The maximum atomic E-state index is 12.6. The van der Waals surface area contributed by atoms with E-state index in [0.717, 1.165) is 38.6 Å². The molecule has 2 aliphatic rings. The minimum absolute atomic E-state index is 0.0559. The third kappa shape index (κ3) is 3.71. The van der Waals surface area contributed by atoms with Crippen LogP contribution < -0.4 is 10.2 Å². The van der Waals surface area contributed by atoms with Crippen LogP contribution in [0.5, 0.6) is 0 Å². The molecule has 0 saturated carbocycles. The largest absolute Gasteiger partial charge is 0.350 e. The predicted octanol–water partition coefficient (Wildman–Crippen LogP) is 3.09. The van der Waals surface area contributed by atoms with Crippen molar-refractivity contribution < 1.29 is 13.2 Å². The van der Waals surface area contributed by atoms with E-state index in [1.54, 1.807) is 12.1 Å². The molecule has 0 aliphatic carbocycles. The molecule has 0 aromatic heterocycles. The van der Waals surface area contributed by atoms with Gasteiger partial charge in [-0.2, -0.15) is 8.42 Å². The number of anilines is 1. The summed E-state index contributed by atoms with van der Waals surface area (Å²) in [5.41, 5.74) is 1.00. The van der Waals surface area contributed by atoms with Gasteiger partial charge in [0.1, 0.15) is 10.7 Å². The van der Waals surface area contributed by atoms with Crippen LogP contribution in [0.2, 0.25) is 0 Å². The van der Waals surface area contributed by atoms with E-state index in [1.807, 2.05) is 11.8 Å². The zero-order chi connectivity index (χ0) is 18.0. The van der Waals surface area contributed by atoms with Gasteiger partial charge >= 0.3 is 0 Å². The molecule has 2 heterocycles. The summed E-state index contributed by atoms with van der Waals surface area (Å²) in [6.45, 7) is 4.77. The summed E-state index contributed by atoms with van der Waals surface area (Å²) < 4.78 is 29.2. The number of benzene rings is 1. The van der Waals surface area contributed by atoms with Crippen LogP contribution in [0.25, 0.3) is 0 Å². The molecule has 1 aromatic rings. The molecule has 1 atom stereocenters. The molecule has 1 amide bonds. The smallest absolute Gasteiger partial charge is 0.286 e. The standard InChI is InChI=1S/C18H25N3O3S/c1-3-7-13(2)19-18(22)14-9-10-15-16(12-14)25(23,24)20-17-8-5-4-6-11-21(15)17/h9-10,12-13H,3-8,11H2,1-2H3,(H,19,22). The van der Waals surface area contributed by atoms with Gasteiger partial charge in [-0.05, 0) is 44.4 Å². The van der Waals surface area contributed by atoms with Crippen molar-refractivity contribution in [3.63, 3.8) is 0 Å². The summed E-state index contributed by atoms with van der Waals surface area (Å²) in [7, 11) is -3.76. The van der Waals surface area contributed by atoms with Gasteiger partial charge in [-0.3, -0.25) is 4.79 Å². The summed E-state index contributed by atoms with van der Waals surface area (Å²) in [5.74, 6) is 0.378. The zero-order valence-electron chi connectivity index (χ0n) is 14.8. The Labute approximate surface area is 149 Å². The molecule has 1 unspecified atom stereocenters. The Kier molecular flexibility index (Phi) is 5.13. The predicted molar refractivity (Wildman–Crippen MR) is 98.7 cm³/mol. The number of amidine groups is 1. The number of nitrogens with one attached hydrogen (secondary N) is 1. The number of sulfonamides is 1. The lowest BCUT2D eigenvalue weighted by Crippen LogP contribution is -2.36. The quantitative estimate of drug-likeness (QED) is 0.891. The van der Waals surface area contributed by atoms with E-state index >= 15 is 0 Å². The average molecular weight is 363 g/mol. The lowest BCUT2D eigenvalue weighted by Gasteiger charge is -2.29. The third-order valence-electron chi connectivity index (χ3n) is 4.71. The molecule has 1 fully saturated rings. The van der Waals surface area contributed by atoms with E-state index in [-0.39, 0.29) is 16.8 Å². The van der Waals surface area contributed by atoms with Crippen molar-refractivity contribution in [2.45, 2.75) is 63.3 Å². The van der Waals surface area contributed by atoms with Crippen LogP contribution in [-0.4, -0.2) is 32.7 Å². The maximum Gasteiger partial charge on any atom is 0.286 e. The number of fused-ring (bicyclic) bond motifs is 3. The molecular formula is C18H25N3O3S. The van der Waals surface area contributed by atoms with Gasteiger partial charge in [-0.25, -0.2) is 0 Å². The third-order valence-corrected chi connectivity index (χ3v) is 6.04. The molecule has 136 valence electrons. The number of amides is 1. The van der Waals surface area contributed by atoms with Crippen LogP contribution in [0, 0.1) is 0 Å². The molecule has 0 radical (unpaired) electrons. The highest BCUT2D eigenvalue weighted by Crippen LogP contribution is 2.34. The summed E-state index contributed by atoms with van der Waals surface area (Å²) in [6.07, 6.45) is 5.57. The molecule has 25 heavy (non-hydrogen) atoms. The average Bonchev–Trinajstić information content (AvgIpc) is 2.79. The summed E-state index contributed by atoms with van der Waals surface area (Å²) >= 11 is 0. The minimum Gasteiger partial charge on any atom is -0.350 e. The first-order valence-corrected chi connectivity index (χ1v) is 10.4. The van der Waals surface area contributed by atoms with Crippen molar-refractivity contribution in [1.82, 2.24) is 5.32 Å². The first kappa shape index (κ1) is 17.9. The number of carbonyl (C=O) groups excluding carboxylic acids is 1. The van der Waals surface area contributed by atoms with Crippen molar-refractivity contribution in [2.75, 3.05) is 11.4 Å². The van der Waals surface area contributed by atoms with Crippen LogP contribution in [0.4, 0.5) is 5.69 Å². The van der Waals surface area contributed by atoms with E-state index in [2.05, 4.69) is 16.6 Å². The fourth-order valence-electron chi connectivity index (χ4n) is 3.43. The molecule has 0 spiro atoms. The van der Waals surface area contributed by atoms with E-state index in [0.29, 0.717) is 23.5 Å². The van der Waals surface area contributed by atoms with Gasteiger partial charge in [0, 0.05) is 24.6 Å². The molecule has 1 aromatic carbocycles. The van der Waals surface area contributed by atoms with Gasteiger partial charge < -0.3 is 10.2 Å².